The molecule has 144 valence electrons. The molecule has 0 saturated heterocycles. The molecule has 3 aromatic rings. The van der Waals surface area contributed by atoms with Gasteiger partial charge in [0.25, 0.3) is 11.6 Å². The van der Waals surface area contributed by atoms with Crippen molar-refractivity contribution in [2.24, 2.45) is 0 Å². The van der Waals surface area contributed by atoms with E-state index >= 15 is 0 Å². The van der Waals surface area contributed by atoms with Crippen molar-refractivity contribution in [3.05, 3.63) is 93.2 Å². The normalized spacial score (nSPS) is 11.0. The molecule has 0 spiro atoms. The fraction of sp³-hybridized carbons (Fsp3) is 0.0909. The van der Waals surface area contributed by atoms with Gasteiger partial charge in [-0.2, -0.15) is 5.26 Å². The predicted octanol–water partition coefficient (Wildman–Crippen LogP) is 4.39. The molecule has 0 unspecified atom stereocenters. The topological polar surface area (TPSA) is 109 Å². The zero-order chi connectivity index (χ0) is 20.8. The number of nitro benzene ring substituents is 1. The van der Waals surface area contributed by atoms with Crippen LogP contribution in [0.25, 0.3) is 17.4 Å². The van der Waals surface area contributed by atoms with Crippen LogP contribution in [0.15, 0.2) is 70.7 Å². The largest absolute Gasteiger partial charge is 0.457 e. The molecule has 29 heavy (non-hydrogen) atoms. The molecular weight excluding hydrogens is 370 g/mol. The van der Waals surface area contributed by atoms with Crippen molar-refractivity contribution < 1.29 is 14.1 Å². The maximum Gasteiger partial charge on any atom is 0.270 e. The molecule has 0 radical (unpaired) electrons. The second kappa shape index (κ2) is 8.67. The van der Waals surface area contributed by atoms with Crippen LogP contribution in [0.4, 0.5) is 5.69 Å². The highest BCUT2D eigenvalue weighted by Gasteiger charge is 2.14. The lowest BCUT2D eigenvalue weighted by Gasteiger charge is -2.04. The zero-order valence-corrected chi connectivity index (χ0v) is 15.6. The fourth-order valence-corrected chi connectivity index (χ4v) is 2.73. The highest BCUT2D eigenvalue weighted by molar-refractivity contribution is 6.01. The van der Waals surface area contributed by atoms with Crippen LogP contribution in [-0.2, 0) is 11.3 Å². The van der Waals surface area contributed by atoms with E-state index < -0.39 is 10.8 Å². The number of nitro groups is 1. The van der Waals surface area contributed by atoms with Crippen LogP contribution in [0, 0.1) is 28.4 Å². The number of aryl methyl sites for hydroxylation is 1. The molecule has 0 aliphatic carbocycles. The Morgan fingerprint density at radius 2 is 1.97 bits per heavy atom. The standard InChI is InChI=1S/C22H17N3O4/c1-15-7-8-18(25(27)28)12-20(15)21-10-9-19(29-21)11-17(13-23)22(26)24-14-16-5-3-2-4-6-16/h2-12H,14H2,1H3,(H,24,26)/b17-11+. The third-order valence-electron chi connectivity index (χ3n) is 4.27. The molecule has 2 aromatic carbocycles. The molecule has 0 bridgehead atoms. The molecule has 7 nitrogen and oxygen atoms in total. The molecule has 1 aromatic heterocycles. The van der Waals surface area contributed by atoms with Crippen LogP contribution in [0.3, 0.4) is 0 Å². The van der Waals surface area contributed by atoms with Crippen molar-refractivity contribution >= 4 is 17.7 Å². The first kappa shape index (κ1) is 19.6. The summed E-state index contributed by atoms with van der Waals surface area (Å²) in [4.78, 5) is 22.8. The Hall–Kier alpha value is -4.18. The van der Waals surface area contributed by atoms with Gasteiger partial charge in [0.2, 0.25) is 0 Å². The second-order valence-electron chi connectivity index (χ2n) is 6.30. The summed E-state index contributed by atoms with van der Waals surface area (Å²) in [6.45, 7) is 2.11. The van der Waals surface area contributed by atoms with Gasteiger partial charge in [-0.05, 0) is 30.2 Å². The van der Waals surface area contributed by atoms with Gasteiger partial charge in [0.1, 0.15) is 23.2 Å². The van der Waals surface area contributed by atoms with Crippen molar-refractivity contribution in [3.63, 3.8) is 0 Å². The minimum atomic E-state index is -0.513. The van der Waals surface area contributed by atoms with E-state index in [0.717, 1.165) is 11.1 Å². The summed E-state index contributed by atoms with van der Waals surface area (Å²) in [5, 5.41) is 23.0. The lowest BCUT2D eigenvalue weighted by atomic mass is 10.1. The van der Waals surface area contributed by atoms with E-state index in [4.69, 9.17) is 4.42 Å². The third kappa shape index (κ3) is 4.76. The average Bonchev–Trinajstić information content (AvgIpc) is 3.19. The lowest BCUT2D eigenvalue weighted by Crippen LogP contribution is -2.23. The quantitative estimate of drug-likeness (QED) is 0.292. The number of carbonyl (C=O) groups is 1. The second-order valence-corrected chi connectivity index (χ2v) is 6.30. The predicted molar refractivity (Wildman–Crippen MR) is 107 cm³/mol. The summed E-state index contributed by atoms with van der Waals surface area (Å²) in [5.74, 6) is 0.206. The summed E-state index contributed by atoms with van der Waals surface area (Å²) < 4.78 is 5.70. The minimum absolute atomic E-state index is 0.0444. The van der Waals surface area contributed by atoms with E-state index in [1.807, 2.05) is 43.3 Å². The maximum absolute atomic E-state index is 12.3. The van der Waals surface area contributed by atoms with E-state index in [1.165, 1.54) is 18.2 Å². The number of amides is 1. The van der Waals surface area contributed by atoms with Crippen LogP contribution in [0.1, 0.15) is 16.9 Å². The first-order valence-electron chi connectivity index (χ1n) is 8.77. The number of non-ortho nitro benzene ring substituents is 1. The number of hydrogen-bond acceptors (Lipinski definition) is 5. The van der Waals surface area contributed by atoms with Gasteiger partial charge in [0, 0.05) is 30.3 Å². The summed E-state index contributed by atoms with van der Waals surface area (Å²) >= 11 is 0. The number of hydrogen-bond donors (Lipinski definition) is 1. The Balaban J connectivity index is 1.79. The maximum atomic E-state index is 12.3. The average molecular weight is 387 g/mol. The van der Waals surface area contributed by atoms with E-state index in [9.17, 15) is 20.2 Å². The summed E-state index contributed by atoms with van der Waals surface area (Å²) in [6, 6.07) is 19.0. The Morgan fingerprint density at radius 1 is 1.21 bits per heavy atom. The highest BCUT2D eigenvalue weighted by Crippen LogP contribution is 2.29. The van der Waals surface area contributed by atoms with Gasteiger partial charge < -0.3 is 9.73 Å². The smallest absolute Gasteiger partial charge is 0.270 e. The summed E-state index contributed by atoms with van der Waals surface area (Å²) in [5.41, 5.74) is 2.15. The first-order valence-corrected chi connectivity index (χ1v) is 8.77. The first-order chi connectivity index (χ1) is 14.0. The molecule has 0 aliphatic rings. The van der Waals surface area contributed by atoms with Crippen molar-refractivity contribution in [1.82, 2.24) is 5.32 Å². The van der Waals surface area contributed by atoms with Gasteiger partial charge in [0.15, 0.2) is 0 Å². The SMILES string of the molecule is Cc1ccc([N+](=O)[O-])cc1-c1ccc(/C=C(\C#N)C(=O)NCc2ccccc2)o1. The van der Waals surface area contributed by atoms with Crippen LogP contribution in [0.2, 0.25) is 0 Å². The Kier molecular flexibility index (Phi) is 5.85. The molecule has 0 fully saturated rings. The van der Waals surface area contributed by atoms with E-state index in [-0.39, 0.29) is 11.3 Å². The van der Waals surface area contributed by atoms with Gasteiger partial charge in [-0.25, -0.2) is 0 Å². The van der Waals surface area contributed by atoms with Crippen molar-refractivity contribution in [2.45, 2.75) is 13.5 Å². The summed E-state index contributed by atoms with van der Waals surface area (Å²) in [7, 11) is 0. The molecule has 7 heteroatoms. The molecule has 0 saturated carbocycles. The minimum Gasteiger partial charge on any atom is -0.457 e. The number of nitriles is 1. The molecule has 1 amide bonds. The number of rotatable bonds is 6. The Bertz CT molecular complexity index is 1120. The van der Waals surface area contributed by atoms with E-state index in [0.29, 0.717) is 23.6 Å². The van der Waals surface area contributed by atoms with Crippen molar-refractivity contribution in [3.8, 4) is 17.4 Å². The zero-order valence-electron chi connectivity index (χ0n) is 15.6. The number of furan rings is 1. The molecule has 3 rings (SSSR count). The molecule has 1 heterocycles. The van der Waals surface area contributed by atoms with Gasteiger partial charge >= 0.3 is 0 Å². The van der Waals surface area contributed by atoms with Gasteiger partial charge in [-0.15, -0.1) is 0 Å². The monoisotopic (exact) mass is 387 g/mol. The molecule has 0 atom stereocenters. The van der Waals surface area contributed by atoms with E-state index in [2.05, 4.69) is 5.32 Å². The number of carbonyl (C=O) groups excluding carboxylic acids is 1. The number of benzene rings is 2. The molecule has 1 N–H and O–H groups in total. The van der Waals surface area contributed by atoms with Gasteiger partial charge in [-0.1, -0.05) is 36.4 Å². The number of nitrogens with zero attached hydrogens (tertiary/aromatic N) is 2. The van der Waals surface area contributed by atoms with Crippen LogP contribution in [-0.4, -0.2) is 10.8 Å². The highest BCUT2D eigenvalue weighted by atomic mass is 16.6. The number of nitrogens with one attached hydrogen (secondary N) is 1. The van der Waals surface area contributed by atoms with Gasteiger partial charge in [0.05, 0.1) is 4.92 Å². The third-order valence-corrected chi connectivity index (χ3v) is 4.27. The molecule has 0 aliphatic heterocycles. The summed E-state index contributed by atoms with van der Waals surface area (Å²) in [6.07, 6.45) is 1.34. The van der Waals surface area contributed by atoms with E-state index in [1.54, 1.807) is 18.2 Å². The van der Waals surface area contributed by atoms with Crippen LogP contribution < -0.4 is 5.32 Å². The van der Waals surface area contributed by atoms with Gasteiger partial charge in [-0.3, -0.25) is 14.9 Å². The molecular formula is C22H17N3O4. The Labute approximate surface area is 167 Å². The lowest BCUT2D eigenvalue weighted by molar-refractivity contribution is -0.384. The van der Waals surface area contributed by atoms with Crippen molar-refractivity contribution in [2.75, 3.05) is 0 Å². The van der Waals surface area contributed by atoms with Crippen LogP contribution >= 0.6 is 0 Å². The van der Waals surface area contributed by atoms with Crippen molar-refractivity contribution in [1.29, 1.82) is 5.26 Å². The van der Waals surface area contributed by atoms with Crippen LogP contribution in [0.5, 0.6) is 0 Å². The Morgan fingerprint density at radius 3 is 2.66 bits per heavy atom. The fourth-order valence-electron chi connectivity index (χ4n) is 2.73.